The Labute approximate surface area is 163 Å². The Morgan fingerprint density at radius 3 is 2.55 bits per heavy atom. The maximum atomic E-state index is 11.1. The first-order chi connectivity index (χ1) is 14.0. The van der Waals surface area contributed by atoms with Gasteiger partial charge in [-0.2, -0.15) is 5.10 Å². The molecule has 2 atom stereocenters. The number of hydrogen-bond acceptors (Lipinski definition) is 6. The molecule has 10 nitrogen and oxygen atoms in total. The van der Waals surface area contributed by atoms with Gasteiger partial charge in [-0.25, -0.2) is 19.3 Å². The predicted molar refractivity (Wildman–Crippen MR) is 100 cm³/mol. The molecule has 0 radical (unpaired) electrons. The van der Waals surface area contributed by atoms with E-state index < -0.39 is 11.9 Å². The van der Waals surface area contributed by atoms with Gasteiger partial charge in [-0.15, -0.1) is 0 Å². The lowest BCUT2D eigenvalue weighted by molar-refractivity contribution is 0.0686. The second-order valence-electron chi connectivity index (χ2n) is 6.75. The predicted octanol–water partition coefficient (Wildman–Crippen LogP) is 1.86. The molecule has 2 aliphatic heterocycles. The van der Waals surface area contributed by atoms with Crippen LogP contribution < -0.4 is 5.32 Å². The van der Waals surface area contributed by atoms with Crippen LogP contribution in [0.25, 0.3) is 0 Å². The Kier molecular flexibility index (Phi) is 3.74. The lowest BCUT2D eigenvalue weighted by Crippen LogP contribution is -2.22. The van der Waals surface area contributed by atoms with Crippen molar-refractivity contribution in [3.8, 4) is 0 Å². The fourth-order valence-electron chi connectivity index (χ4n) is 3.34. The van der Waals surface area contributed by atoms with E-state index in [0.29, 0.717) is 12.5 Å². The Morgan fingerprint density at radius 1 is 1.10 bits per heavy atom. The van der Waals surface area contributed by atoms with Gasteiger partial charge in [0.2, 0.25) is 5.96 Å². The minimum absolute atomic E-state index is 0.0645. The summed E-state index contributed by atoms with van der Waals surface area (Å²) in [5.41, 5.74) is 2.97. The van der Waals surface area contributed by atoms with Gasteiger partial charge < -0.3 is 24.8 Å². The van der Waals surface area contributed by atoms with Crippen LogP contribution in [0.1, 0.15) is 38.1 Å². The molecule has 5 rings (SSSR count). The molecule has 1 aromatic carbocycles. The van der Waals surface area contributed by atoms with Crippen LogP contribution in [-0.2, 0) is 11.3 Å². The minimum Gasteiger partial charge on any atom is -0.478 e. The number of benzene rings is 1. The lowest BCUT2D eigenvalue weighted by atomic mass is 10.1. The van der Waals surface area contributed by atoms with Crippen LogP contribution in [-0.4, -0.2) is 48.7 Å². The largest absolute Gasteiger partial charge is 0.478 e. The third-order valence-corrected chi connectivity index (χ3v) is 4.84. The molecule has 0 amide bonds. The second kappa shape index (κ2) is 6.31. The molecule has 0 spiro atoms. The Balaban J connectivity index is 1.42. The lowest BCUT2D eigenvalue weighted by Gasteiger charge is -2.11. The number of epoxide rings is 1. The fraction of sp³-hybridized carbons (Fsp3) is 0.158. The second-order valence-corrected chi connectivity index (χ2v) is 6.75. The monoisotopic (exact) mass is 393 g/mol. The molecule has 3 aromatic rings. The Bertz CT molecular complexity index is 1160. The first-order valence-electron chi connectivity index (χ1n) is 8.79. The van der Waals surface area contributed by atoms with Crippen molar-refractivity contribution >= 4 is 23.6 Å². The number of fused-ring (bicyclic) bond motifs is 3. The van der Waals surface area contributed by atoms with Crippen LogP contribution >= 0.6 is 0 Å². The minimum atomic E-state index is -1.06. The highest BCUT2D eigenvalue weighted by atomic mass is 16.6. The highest BCUT2D eigenvalue weighted by molar-refractivity contribution is 5.97. The van der Waals surface area contributed by atoms with Gasteiger partial charge in [0.05, 0.1) is 28.7 Å². The standard InChI is InChI=1S/C19H15N5O5/c25-17(26)11-3-1-10(2-4-11)8-23-6-5-13-14(23)15-16(29-15)22-19(21-13)24-9-12(7-20-24)18(27)28/h1-7,9,15-16H,8H2,(H,21,22)(H,25,26)(H,27,28). The van der Waals surface area contributed by atoms with Gasteiger partial charge in [0.1, 0.15) is 6.10 Å². The van der Waals surface area contributed by atoms with Crippen LogP contribution in [0.2, 0.25) is 0 Å². The average Bonchev–Trinajstić information content (AvgIpc) is 3.11. The molecule has 0 bridgehead atoms. The van der Waals surface area contributed by atoms with Gasteiger partial charge in [0.15, 0.2) is 6.23 Å². The van der Waals surface area contributed by atoms with Crippen molar-refractivity contribution in [3.63, 3.8) is 0 Å². The molecule has 2 aliphatic rings. The molecular formula is C19H15N5O5. The topological polar surface area (TPSA) is 134 Å². The highest BCUT2D eigenvalue weighted by Gasteiger charge is 2.46. The van der Waals surface area contributed by atoms with E-state index in [0.717, 1.165) is 16.9 Å². The maximum Gasteiger partial charge on any atom is 0.338 e. The first kappa shape index (κ1) is 17.2. The number of nitrogens with zero attached hydrogens (tertiary/aromatic N) is 4. The molecule has 1 fully saturated rings. The van der Waals surface area contributed by atoms with Crippen LogP contribution in [0.15, 0.2) is 53.9 Å². The first-order valence-corrected chi connectivity index (χ1v) is 8.79. The SMILES string of the molecule is O=C(O)c1ccc(Cn2ccc3c2C2OC2N=C(n2cc(C(=O)O)cn2)N3)cc1. The number of rotatable bonds is 4. The number of anilines is 1. The molecule has 29 heavy (non-hydrogen) atoms. The number of carbonyl (C=O) groups is 2. The summed E-state index contributed by atoms with van der Waals surface area (Å²) in [5.74, 6) is -1.64. The number of hydrogen-bond donors (Lipinski definition) is 3. The molecule has 2 aromatic heterocycles. The summed E-state index contributed by atoms with van der Waals surface area (Å²) in [6.07, 6.45) is 3.97. The zero-order valence-corrected chi connectivity index (χ0v) is 14.9. The number of carboxylic acids is 2. The summed E-state index contributed by atoms with van der Waals surface area (Å²) in [6, 6.07) is 8.61. The van der Waals surface area contributed by atoms with E-state index in [4.69, 9.17) is 14.9 Å². The van der Waals surface area contributed by atoms with Crippen LogP contribution in [0, 0.1) is 0 Å². The van der Waals surface area contributed by atoms with Crippen molar-refractivity contribution in [2.24, 2.45) is 4.99 Å². The van der Waals surface area contributed by atoms with E-state index in [1.54, 1.807) is 24.3 Å². The summed E-state index contributed by atoms with van der Waals surface area (Å²) < 4.78 is 9.09. The van der Waals surface area contributed by atoms with Crippen molar-refractivity contribution in [3.05, 3.63) is 71.3 Å². The summed E-state index contributed by atoms with van der Waals surface area (Å²) >= 11 is 0. The average molecular weight is 393 g/mol. The van der Waals surface area contributed by atoms with Gasteiger partial charge in [-0.05, 0) is 23.8 Å². The zero-order valence-electron chi connectivity index (χ0n) is 14.9. The van der Waals surface area contributed by atoms with Gasteiger partial charge in [0, 0.05) is 18.9 Å². The van der Waals surface area contributed by atoms with Crippen LogP contribution in [0.4, 0.5) is 5.69 Å². The van der Waals surface area contributed by atoms with Crippen molar-refractivity contribution in [1.29, 1.82) is 0 Å². The van der Waals surface area contributed by atoms with Crippen molar-refractivity contribution < 1.29 is 24.5 Å². The van der Waals surface area contributed by atoms with E-state index in [2.05, 4.69) is 15.4 Å². The van der Waals surface area contributed by atoms with Gasteiger partial charge in [-0.3, -0.25) is 0 Å². The molecule has 146 valence electrons. The molecule has 10 heteroatoms. The van der Waals surface area contributed by atoms with Crippen molar-refractivity contribution in [2.45, 2.75) is 18.9 Å². The quantitative estimate of drug-likeness (QED) is 0.576. The number of ether oxygens (including phenoxy) is 1. The molecule has 1 saturated heterocycles. The number of carboxylic acid groups (broad SMARTS) is 2. The molecule has 2 unspecified atom stereocenters. The third kappa shape index (κ3) is 3.05. The molecular weight excluding hydrogens is 378 g/mol. The number of aliphatic imine (C=N–C) groups is 1. The smallest absolute Gasteiger partial charge is 0.338 e. The summed E-state index contributed by atoms with van der Waals surface area (Å²) in [4.78, 5) is 26.6. The van der Waals surface area contributed by atoms with Crippen molar-refractivity contribution in [1.82, 2.24) is 14.3 Å². The molecule has 0 saturated carbocycles. The Morgan fingerprint density at radius 2 is 1.86 bits per heavy atom. The van der Waals surface area contributed by atoms with Gasteiger partial charge >= 0.3 is 11.9 Å². The summed E-state index contributed by atoms with van der Waals surface area (Å²) in [5, 5.41) is 25.4. The van der Waals surface area contributed by atoms with Gasteiger partial charge in [0.25, 0.3) is 0 Å². The van der Waals surface area contributed by atoms with Gasteiger partial charge in [-0.1, -0.05) is 12.1 Å². The van der Waals surface area contributed by atoms with Crippen LogP contribution in [0.5, 0.6) is 0 Å². The number of nitrogens with one attached hydrogen (secondary N) is 1. The summed E-state index contributed by atoms with van der Waals surface area (Å²) in [7, 11) is 0. The normalized spacial score (nSPS) is 19.4. The van der Waals surface area contributed by atoms with E-state index in [1.807, 2.05) is 16.8 Å². The fourth-order valence-corrected chi connectivity index (χ4v) is 3.34. The maximum absolute atomic E-state index is 11.1. The third-order valence-electron chi connectivity index (χ3n) is 4.84. The van der Waals surface area contributed by atoms with E-state index >= 15 is 0 Å². The number of aromatic carboxylic acids is 2. The molecule has 0 aliphatic carbocycles. The van der Waals surface area contributed by atoms with E-state index in [9.17, 15) is 9.59 Å². The molecule has 4 heterocycles. The summed E-state index contributed by atoms with van der Waals surface area (Å²) in [6.45, 7) is 0.545. The zero-order chi connectivity index (χ0) is 20.1. The highest BCUT2D eigenvalue weighted by Crippen LogP contribution is 2.45. The van der Waals surface area contributed by atoms with E-state index in [-0.39, 0.29) is 23.5 Å². The Hall–Kier alpha value is -3.92. The van der Waals surface area contributed by atoms with Crippen molar-refractivity contribution in [2.75, 3.05) is 5.32 Å². The van der Waals surface area contributed by atoms with E-state index in [1.165, 1.54) is 17.1 Å². The number of aromatic nitrogens is 3. The molecule has 3 N–H and O–H groups in total. The van der Waals surface area contributed by atoms with Crippen LogP contribution in [0.3, 0.4) is 0 Å².